The number of benzene rings is 1. The van der Waals surface area contributed by atoms with Gasteiger partial charge in [0.05, 0.1) is 11.3 Å². The number of primary sulfonamides is 1. The van der Waals surface area contributed by atoms with Crippen LogP contribution in [0.1, 0.15) is 6.92 Å². The first-order chi connectivity index (χ1) is 8.62. The number of rotatable bonds is 6. The van der Waals surface area contributed by atoms with E-state index in [9.17, 15) is 13.5 Å². The van der Waals surface area contributed by atoms with E-state index in [1.54, 1.807) is 25.1 Å². The van der Waals surface area contributed by atoms with Gasteiger partial charge >= 0.3 is 0 Å². The van der Waals surface area contributed by atoms with Crippen LogP contribution in [0.2, 0.25) is 0 Å². The molecule has 0 spiro atoms. The molecule has 108 valence electrons. The maximum Gasteiger partial charge on any atom is 0.240 e. The van der Waals surface area contributed by atoms with Crippen LogP contribution in [0.5, 0.6) is 0 Å². The molecule has 1 atom stereocenters. The van der Waals surface area contributed by atoms with Crippen molar-refractivity contribution in [1.82, 2.24) is 4.90 Å². The van der Waals surface area contributed by atoms with Crippen LogP contribution in [0.4, 0.5) is 5.69 Å². The van der Waals surface area contributed by atoms with Crippen LogP contribution in [0, 0.1) is 0 Å². The van der Waals surface area contributed by atoms with Gasteiger partial charge in [-0.2, -0.15) is 0 Å². The predicted octanol–water partition coefficient (Wildman–Crippen LogP) is 0.0585. The van der Waals surface area contributed by atoms with Crippen LogP contribution >= 0.6 is 0 Å². The number of likely N-dealkylation sites (N-methyl/N-ethyl adjacent to an activating group) is 1. The van der Waals surface area contributed by atoms with Gasteiger partial charge in [0.25, 0.3) is 0 Å². The monoisotopic (exact) mass is 287 g/mol. The van der Waals surface area contributed by atoms with Crippen molar-refractivity contribution in [3.63, 3.8) is 0 Å². The second-order valence-corrected chi connectivity index (χ2v) is 6.66. The lowest BCUT2D eigenvalue weighted by atomic mass is 10.1. The van der Waals surface area contributed by atoms with Gasteiger partial charge in [0.1, 0.15) is 4.90 Å². The number of hydrogen-bond acceptors (Lipinski definition) is 5. The number of sulfonamides is 1. The van der Waals surface area contributed by atoms with Gasteiger partial charge in [-0.3, -0.25) is 0 Å². The second kappa shape index (κ2) is 5.87. The van der Waals surface area contributed by atoms with E-state index in [0.29, 0.717) is 12.2 Å². The van der Waals surface area contributed by atoms with Crippen LogP contribution in [-0.4, -0.2) is 51.2 Å². The first kappa shape index (κ1) is 15.9. The third-order valence-electron chi connectivity index (χ3n) is 2.51. The molecule has 0 aromatic heterocycles. The Morgan fingerprint density at radius 1 is 1.37 bits per heavy atom. The lowest BCUT2D eigenvalue weighted by Crippen LogP contribution is -2.43. The van der Waals surface area contributed by atoms with E-state index in [4.69, 9.17) is 5.14 Å². The number of nitrogens with zero attached hydrogens (tertiary/aromatic N) is 1. The highest BCUT2D eigenvalue weighted by Gasteiger charge is 2.22. The Balaban J connectivity index is 2.85. The summed E-state index contributed by atoms with van der Waals surface area (Å²) < 4.78 is 22.8. The summed E-state index contributed by atoms with van der Waals surface area (Å²) in [7, 11) is -0.0709. The molecule has 4 N–H and O–H groups in total. The summed E-state index contributed by atoms with van der Waals surface area (Å²) in [5.41, 5.74) is -0.585. The zero-order valence-electron chi connectivity index (χ0n) is 11.4. The number of hydrogen-bond donors (Lipinski definition) is 3. The van der Waals surface area contributed by atoms with Crippen LogP contribution in [0.3, 0.4) is 0 Å². The van der Waals surface area contributed by atoms with E-state index >= 15 is 0 Å². The van der Waals surface area contributed by atoms with Crippen LogP contribution in [0.25, 0.3) is 0 Å². The Bertz CT molecular complexity index is 527. The van der Waals surface area contributed by atoms with Crippen molar-refractivity contribution in [3.8, 4) is 0 Å². The van der Waals surface area contributed by atoms with Gasteiger partial charge in [-0.25, -0.2) is 13.6 Å². The molecule has 1 rings (SSSR count). The minimum absolute atomic E-state index is 0.0238. The SMILES string of the molecule is CN(C)CC(C)(O)CNc1ccccc1S(N)(=O)=O. The highest BCUT2D eigenvalue weighted by Crippen LogP contribution is 2.20. The third-order valence-corrected chi connectivity index (χ3v) is 3.48. The summed E-state index contributed by atoms with van der Waals surface area (Å²) >= 11 is 0. The Labute approximate surface area is 114 Å². The van der Waals surface area contributed by atoms with E-state index in [-0.39, 0.29) is 11.4 Å². The lowest BCUT2D eigenvalue weighted by Gasteiger charge is -2.27. The van der Waals surface area contributed by atoms with Crippen molar-refractivity contribution in [2.75, 3.05) is 32.5 Å². The average Bonchev–Trinajstić information content (AvgIpc) is 2.24. The molecule has 0 aliphatic heterocycles. The molecule has 0 bridgehead atoms. The molecule has 1 aromatic rings. The third kappa shape index (κ3) is 5.15. The van der Waals surface area contributed by atoms with Crippen molar-refractivity contribution in [2.24, 2.45) is 5.14 Å². The molecule has 0 aliphatic rings. The fraction of sp³-hybridized carbons (Fsp3) is 0.500. The average molecular weight is 287 g/mol. The summed E-state index contributed by atoms with van der Waals surface area (Å²) in [6.45, 7) is 2.36. The van der Waals surface area contributed by atoms with Gasteiger partial charge in [-0.1, -0.05) is 12.1 Å². The van der Waals surface area contributed by atoms with E-state index in [2.05, 4.69) is 5.32 Å². The summed E-state index contributed by atoms with van der Waals surface area (Å²) in [5.74, 6) is 0. The van der Waals surface area contributed by atoms with Gasteiger partial charge in [0.15, 0.2) is 0 Å². The summed E-state index contributed by atoms with van der Waals surface area (Å²) in [4.78, 5) is 1.88. The predicted molar refractivity (Wildman–Crippen MR) is 75.5 cm³/mol. The summed E-state index contributed by atoms with van der Waals surface area (Å²) in [6, 6.07) is 6.35. The molecule has 1 unspecified atom stereocenters. The Hall–Kier alpha value is -1.15. The minimum atomic E-state index is -3.78. The van der Waals surface area contributed by atoms with Crippen LogP contribution < -0.4 is 10.5 Å². The molecule has 19 heavy (non-hydrogen) atoms. The molecule has 0 radical (unpaired) electrons. The van der Waals surface area contributed by atoms with Gasteiger partial charge in [0, 0.05) is 13.1 Å². The smallest absolute Gasteiger partial charge is 0.240 e. The highest BCUT2D eigenvalue weighted by molar-refractivity contribution is 7.89. The number of anilines is 1. The fourth-order valence-electron chi connectivity index (χ4n) is 1.88. The molecule has 6 nitrogen and oxygen atoms in total. The van der Waals surface area contributed by atoms with E-state index in [0.717, 1.165) is 0 Å². The van der Waals surface area contributed by atoms with Gasteiger partial charge < -0.3 is 15.3 Å². The van der Waals surface area contributed by atoms with Gasteiger partial charge in [0.2, 0.25) is 10.0 Å². The van der Waals surface area contributed by atoms with Crippen molar-refractivity contribution >= 4 is 15.7 Å². The molecule has 0 heterocycles. The second-order valence-electron chi connectivity index (χ2n) is 5.13. The van der Waals surface area contributed by atoms with Gasteiger partial charge in [-0.15, -0.1) is 0 Å². The number of nitrogens with two attached hydrogens (primary N) is 1. The number of aliphatic hydroxyl groups is 1. The Morgan fingerprint density at radius 3 is 2.47 bits per heavy atom. The molecule has 0 saturated heterocycles. The highest BCUT2D eigenvalue weighted by atomic mass is 32.2. The van der Waals surface area contributed by atoms with E-state index in [1.807, 2.05) is 19.0 Å². The first-order valence-corrected chi connectivity index (χ1v) is 7.39. The van der Waals surface area contributed by atoms with Crippen molar-refractivity contribution in [3.05, 3.63) is 24.3 Å². The molecule has 0 fully saturated rings. The normalized spacial score (nSPS) is 15.3. The lowest BCUT2D eigenvalue weighted by molar-refractivity contribution is 0.0459. The van der Waals surface area contributed by atoms with Crippen molar-refractivity contribution in [2.45, 2.75) is 17.4 Å². The summed E-state index contributed by atoms with van der Waals surface area (Å²) in [5, 5.41) is 18.2. The van der Waals surface area contributed by atoms with Crippen molar-refractivity contribution < 1.29 is 13.5 Å². The quantitative estimate of drug-likeness (QED) is 0.687. The van der Waals surface area contributed by atoms with Crippen LogP contribution in [-0.2, 0) is 10.0 Å². The Morgan fingerprint density at radius 2 is 1.95 bits per heavy atom. The van der Waals surface area contributed by atoms with Crippen molar-refractivity contribution in [1.29, 1.82) is 0 Å². The molecule has 0 aliphatic carbocycles. The topological polar surface area (TPSA) is 95.7 Å². The largest absolute Gasteiger partial charge is 0.387 e. The maximum atomic E-state index is 11.4. The maximum absolute atomic E-state index is 11.4. The number of nitrogens with one attached hydrogen (secondary N) is 1. The molecular formula is C12H21N3O3S. The Kier molecular flexibility index (Phi) is 4.92. The minimum Gasteiger partial charge on any atom is -0.387 e. The molecule has 7 heteroatoms. The van der Waals surface area contributed by atoms with E-state index < -0.39 is 15.6 Å². The van der Waals surface area contributed by atoms with E-state index in [1.165, 1.54) is 6.07 Å². The fourth-order valence-corrected chi connectivity index (χ4v) is 2.60. The zero-order valence-corrected chi connectivity index (χ0v) is 12.2. The first-order valence-electron chi connectivity index (χ1n) is 5.85. The molecule has 0 saturated carbocycles. The number of para-hydroxylation sites is 1. The standard InChI is InChI=1S/C12H21N3O3S/c1-12(16,9-15(2)3)8-14-10-6-4-5-7-11(10)19(13,17)18/h4-7,14,16H,8-9H2,1-3H3,(H2,13,17,18). The molecule has 1 aromatic carbocycles. The summed E-state index contributed by atoms with van der Waals surface area (Å²) in [6.07, 6.45) is 0. The molecular weight excluding hydrogens is 266 g/mol. The van der Waals surface area contributed by atoms with Crippen LogP contribution in [0.15, 0.2) is 29.2 Å². The zero-order chi connectivity index (χ0) is 14.7. The molecule has 0 amide bonds. The van der Waals surface area contributed by atoms with Gasteiger partial charge in [-0.05, 0) is 33.2 Å².